The highest BCUT2D eigenvalue weighted by Crippen LogP contribution is 2.22. The van der Waals surface area contributed by atoms with E-state index in [1.54, 1.807) is 0 Å². The van der Waals surface area contributed by atoms with Gasteiger partial charge < -0.3 is 16.8 Å². The predicted molar refractivity (Wildman–Crippen MR) is 98.4 cm³/mol. The third-order valence-corrected chi connectivity index (χ3v) is 4.17. The molecule has 1 heterocycles. The molecule has 0 aliphatic heterocycles. The van der Waals surface area contributed by atoms with Crippen LogP contribution in [0, 0.1) is 5.92 Å². The Morgan fingerprint density at radius 2 is 1.79 bits per heavy atom. The second-order valence-corrected chi connectivity index (χ2v) is 6.89. The van der Waals surface area contributed by atoms with Crippen LogP contribution in [0.1, 0.15) is 31.9 Å². The van der Waals surface area contributed by atoms with Crippen LogP contribution in [-0.2, 0) is 4.79 Å². The number of aromatic nitrogens is 2. The summed E-state index contributed by atoms with van der Waals surface area (Å²) in [5.74, 6) is 1.21. The summed E-state index contributed by atoms with van der Waals surface area (Å²) >= 11 is 1.22. The van der Waals surface area contributed by atoms with E-state index in [0.29, 0.717) is 22.7 Å². The van der Waals surface area contributed by atoms with Crippen LogP contribution in [0.4, 0.5) is 11.6 Å². The third kappa shape index (κ3) is 5.73. The molecule has 0 spiro atoms. The minimum absolute atomic E-state index is 0.00821. The summed E-state index contributed by atoms with van der Waals surface area (Å²) in [7, 11) is 0. The maximum Gasteiger partial charge on any atom is 0.230 e. The van der Waals surface area contributed by atoms with E-state index in [0.717, 1.165) is 12.0 Å². The number of benzene rings is 1. The van der Waals surface area contributed by atoms with E-state index in [1.165, 1.54) is 17.8 Å². The lowest BCUT2D eigenvalue weighted by molar-refractivity contribution is -0.119. The van der Waals surface area contributed by atoms with E-state index < -0.39 is 0 Å². The topological polar surface area (TPSA) is 107 Å². The van der Waals surface area contributed by atoms with Gasteiger partial charge in [0, 0.05) is 6.07 Å². The van der Waals surface area contributed by atoms with Gasteiger partial charge in [0.2, 0.25) is 5.91 Å². The SMILES string of the molecule is CC(C)C[C@H](NC(=O)CSc1nc(N)cc(N)n1)c1ccccc1. The van der Waals surface area contributed by atoms with Gasteiger partial charge in [-0.2, -0.15) is 0 Å². The van der Waals surface area contributed by atoms with Crippen LogP contribution in [0.15, 0.2) is 41.6 Å². The summed E-state index contributed by atoms with van der Waals surface area (Å²) < 4.78 is 0. The van der Waals surface area contributed by atoms with Crippen LogP contribution in [0.2, 0.25) is 0 Å². The first-order valence-corrected chi connectivity index (χ1v) is 8.79. The number of thioether (sulfide) groups is 1. The first-order chi connectivity index (χ1) is 11.4. The number of hydrogen-bond acceptors (Lipinski definition) is 6. The van der Waals surface area contributed by atoms with Crippen LogP contribution in [0.3, 0.4) is 0 Å². The molecule has 1 atom stereocenters. The number of nitrogens with one attached hydrogen (secondary N) is 1. The van der Waals surface area contributed by atoms with E-state index in [4.69, 9.17) is 11.5 Å². The van der Waals surface area contributed by atoms with Crippen molar-refractivity contribution < 1.29 is 4.79 Å². The molecule has 0 saturated carbocycles. The third-order valence-electron chi connectivity index (χ3n) is 3.32. The molecule has 1 aromatic heterocycles. The van der Waals surface area contributed by atoms with Crippen LogP contribution in [0.25, 0.3) is 0 Å². The zero-order chi connectivity index (χ0) is 17.5. The Kier molecular flexibility index (Phi) is 6.43. The second kappa shape index (κ2) is 8.54. The fourth-order valence-electron chi connectivity index (χ4n) is 2.33. The monoisotopic (exact) mass is 345 g/mol. The number of carbonyl (C=O) groups excluding carboxylic acids is 1. The summed E-state index contributed by atoms with van der Waals surface area (Å²) in [4.78, 5) is 20.4. The van der Waals surface area contributed by atoms with Crippen LogP contribution >= 0.6 is 11.8 Å². The van der Waals surface area contributed by atoms with Gasteiger partial charge in [-0.3, -0.25) is 4.79 Å². The number of nitrogens with zero attached hydrogens (tertiary/aromatic N) is 2. The molecule has 2 aromatic rings. The van der Waals surface area contributed by atoms with Gasteiger partial charge in [0.15, 0.2) is 5.16 Å². The molecule has 5 N–H and O–H groups in total. The summed E-state index contributed by atoms with van der Waals surface area (Å²) in [6.45, 7) is 4.28. The molecule has 0 radical (unpaired) electrons. The van der Waals surface area contributed by atoms with E-state index in [-0.39, 0.29) is 17.7 Å². The number of hydrogen-bond donors (Lipinski definition) is 3. The fourth-order valence-corrected chi connectivity index (χ4v) is 3.01. The van der Waals surface area contributed by atoms with Crippen molar-refractivity contribution in [1.82, 2.24) is 15.3 Å². The molecule has 7 heteroatoms. The zero-order valence-electron chi connectivity index (χ0n) is 13.9. The van der Waals surface area contributed by atoms with E-state index in [1.807, 2.05) is 30.3 Å². The summed E-state index contributed by atoms with van der Waals surface area (Å²) in [5, 5.41) is 3.49. The molecule has 6 nitrogen and oxygen atoms in total. The Balaban J connectivity index is 1.97. The Labute approximate surface area is 146 Å². The minimum atomic E-state index is -0.0703. The Hall–Kier alpha value is -2.28. The Bertz CT molecular complexity index is 658. The average Bonchev–Trinajstić information content (AvgIpc) is 2.52. The summed E-state index contributed by atoms with van der Waals surface area (Å²) in [5.41, 5.74) is 12.4. The lowest BCUT2D eigenvalue weighted by atomic mass is 9.97. The van der Waals surface area contributed by atoms with Crippen molar-refractivity contribution in [2.45, 2.75) is 31.5 Å². The van der Waals surface area contributed by atoms with Crippen LogP contribution in [0.5, 0.6) is 0 Å². The summed E-state index contributed by atoms with van der Waals surface area (Å²) in [6.07, 6.45) is 0.877. The minimum Gasteiger partial charge on any atom is -0.383 e. The second-order valence-electron chi connectivity index (χ2n) is 5.95. The molecule has 1 aromatic carbocycles. The van der Waals surface area contributed by atoms with Gasteiger partial charge in [-0.05, 0) is 17.9 Å². The highest BCUT2D eigenvalue weighted by molar-refractivity contribution is 7.99. The zero-order valence-corrected chi connectivity index (χ0v) is 14.7. The van der Waals surface area contributed by atoms with Gasteiger partial charge in [0.1, 0.15) is 11.6 Å². The number of rotatable bonds is 7. The normalized spacial score (nSPS) is 12.1. The van der Waals surface area contributed by atoms with Crippen molar-refractivity contribution in [2.75, 3.05) is 17.2 Å². The van der Waals surface area contributed by atoms with Crippen molar-refractivity contribution in [3.63, 3.8) is 0 Å². The number of anilines is 2. The average molecular weight is 345 g/mol. The first kappa shape index (κ1) is 18.1. The van der Waals surface area contributed by atoms with E-state index in [2.05, 4.69) is 29.1 Å². The highest BCUT2D eigenvalue weighted by atomic mass is 32.2. The molecule has 0 aliphatic carbocycles. The molecule has 0 unspecified atom stereocenters. The quantitative estimate of drug-likeness (QED) is 0.526. The number of carbonyl (C=O) groups is 1. The molecular weight excluding hydrogens is 322 g/mol. The van der Waals surface area contributed by atoms with Crippen molar-refractivity contribution in [3.8, 4) is 0 Å². The number of amides is 1. The summed E-state index contributed by atoms with van der Waals surface area (Å²) in [6, 6.07) is 11.5. The van der Waals surface area contributed by atoms with Gasteiger partial charge in [0.25, 0.3) is 0 Å². The standard InChI is InChI=1S/C17H23N5OS/c1-11(2)8-13(12-6-4-3-5-7-12)20-16(23)10-24-17-21-14(18)9-15(19)22-17/h3-7,9,11,13H,8,10H2,1-2H3,(H,20,23)(H4,18,19,21,22)/t13-/m0/s1. The maximum atomic E-state index is 12.3. The van der Waals surface area contributed by atoms with Crippen molar-refractivity contribution in [1.29, 1.82) is 0 Å². The van der Waals surface area contributed by atoms with Crippen molar-refractivity contribution in [3.05, 3.63) is 42.0 Å². The molecule has 128 valence electrons. The fraction of sp³-hybridized carbons (Fsp3) is 0.353. The van der Waals surface area contributed by atoms with Crippen molar-refractivity contribution >= 4 is 29.3 Å². The van der Waals surface area contributed by atoms with Crippen LogP contribution in [-0.4, -0.2) is 21.6 Å². The molecule has 1 amide bonds. The van der Waals surface area contributed by atoms with Crippen molar-refractivity contribution in [2.24, 2.45) is 5.92 Å². The largest absolute Gasteiger partial charge is 0.383 e. The lowest BCUT2D eigenvalue weighted by Crippen LogP contribution is -2.31. The smallest absolute Gasteiger partial charge is 0.230 e. The first-order valence-electron chi connectivity index (χ1n) is 7.81. The molecule has 0 fully saturated rings. The Morgan fingerprint density at radius 1 is 1.17 bits per heavy atom. The van der Waals surface area contributed by atoms with Gasteiger partial charge in [-0.15, -0.1) is 0 Å². The lowest BCUT2D eigenvalue weighted by Gasteiger charge is -2.21. The van der Waals surface area contributed by atoms with E-state index >= 15 is 0 Å². The van der Waals surface area contributed by atoms with Gasteiger partial charge in [0.05, 0.1) is 11.8 Å². The van der Waals surface area contributed by atoms with Crippen LogP contribution < -0.4 is 16.8 Å². The molecule has 0 saturated heterocycles. The molecule has 0 bridgehead atoms. The van der Waals surface area contributed by atoms with Gasteiger partial charge in [-0.25, -0.2) is 9.97 Å². The van der Waals surface area contributed by atoms with Gasteiger partial charge >= 0.3 is 0 Å². The predicted octanol–water partition coefficient (Wildman–Crippen LogP) is 2.64. The number of nitrogens with two attached hydrogens (primary N) is 2. The highest BCUT2D eigenvalue weighted by Gasteiger charge is 2.16. The molecule has 2 rings (SSSR count). The number of nitrogen functional groups attached to an aromatic ring is 2. The maximum absolute atomic E-state index is 12.3. The van der Waals surface area contributed by atoms with Gasteiger partial charge in [-0.1, -0.05) is 55.9 Å². The molecule has 0 aliphatic rings. The van der Waals surface area contributed by atoms with E-state index in [9.17, 15) is 4.79 Å². The Morgan fingerprint density at radius 3 is 2.38 bits per heavy atom. The molecular formula is C17H23N5OS. The molecule has 24 heavy (non-hydrogen) atoms.